The van der Waals surface area contributed by atoms with Crippen molar-refractivity contribution >= 4 is 11.4 Å². The number of nitrogens with two attached hydrogens (primary N) is 1. The lowest BCUT2D eigenvalue weighted by atomic mass is 10.0. The summed E-state index contributed by atoms with van der Waals surface area (Å²) >= 11 is 0. The maximum atomic E-state index is 6.02. The van der Waals surface area contributed by atoms with E-state index < -0.39 is 0 Å². The second-order valence-corrected chi connectivity index (χ2v) is 4.52. The zero-order valence-corrected chi connectivity index (χ0v) is 9.34. The van der Waals surface area contributed by atoms with Gasteiger partial charge in [-0.3, -0.25) is 0 Å². The van der Waals surface area contributed by atoms with Crippen molar-refractivity contribution in [3.05, 3.63) is 23.8 Å². The Morgan fingerprint density at radius 2 is 2.27 bits per heavy atom. The number of hydrogen-bond donors (Lipinski definition) is 2. The van der Waals surface area contributed by atoms with Crippen molar-refractivity contribution in [2.24, 2.45) is 0 Å². The second-order valence-electron chi connectivity index (χ2n) is 4.52. The molecule has 0 saturated carbocycles. The van der Waals surface area contributed by atoms with Crippen LogP contribution in [0.3, 0.4) is 0 Å². The quantitative estimate of drug-likeness (QED) is 0.729. The molecule has 0 aliphatic carbocycles. The Kier molecular flexibility index (Phi) is 2.57. The Hall–Kier alpha value is -1.22. The number of nitrogens with one attached hydrogen (secondary N) is 1. The van der Waals surface area contributed by atoms with E-state index in [-0.39, 0.29) is 5.54 Å². The first-order chi connectivity index (χ1) is 7.11. The highest BCUT2D eigenvalue weighted by Crippen LogP contribution is 2.28. The average Bonchev–Trinajstić information content (AvgIpc) is 2.60. The summed E-state index contributed by atoms with van der Waals surface area (Å²) in [6, 6.07) is 6.06. The molecule has 15 heavy (non-hydrogen) atoms. The third-order valence-corrected chi connectivity index (χ3v) is 2.98. The first kappa shape index (κ1) is 10.3. The van der Waals surface area contributed by atoms with Gasteiger partial charge in [0.1, 0.15) is 0 Å². The fourth-order valence-electron chi connectivity index (χ4n) is 1.88. The lowest BCUT2D eigenvalue weighted by Crippen LogP contribution is -2.35. The molecule has 1 saturated heterocycles. The summed E-state index contributed by atoms with van der Waals surface area (Å²) < 4.78 is 5.40. The Labute approximate surface area is 90.6 Å². The normalized spacial score (nSPS) is 25.5. The second kappa shape index (κ2) is 3.74. The molecule has 0 amide bonds. The predicted molar refractivity (Wildman–Crippen MR) is 63.1 cm³/mol. The third-order valence-electron chi connectivity index (χ3n) is 2.98. The van der Waals surface area contributed by atoms with Crippen LogP contribution < -0.4 is 11.1 Å². The SMILES string of the molecule is Cc1cccc(NC2(C)CCOC2)c1N. The van der Waals surface area contributed by atoms with Crippen molar-refractivity contribution in [2.45, 2.75) is 25.8 Å². The first-order valence-electron chi connectivity index (χ1n) is 5.32. The molecule has 0 spiro atoms. The monoisotopic (exact) mass is 206 g/mol. The van der Waals surface area contributed by atoms with Crippen LogP contribution in [-0.4, -0.2) is 18.8 Å². The molecule has 2 rings (SSSR count). The lowest BCUT2D eigenvalue weighted by molar-refractivity contribution is 0.185. The molecule has 0 aromatic heterocycles. The standard InChI is InChI=1S/C12H18N2O/c1-9-4-3-5-10(11(9)13)14-12(2)6-7-15-8-12/h3-5,14H,6-8,13H2,1-2H3. The zero-order valence-electron chi connectivity index (χ0n) is 9.34. The molecule has 3 heteroatoms. The van der Waals surface area contributed by atoms with E-state index in [1.807, 2.05) is 25.1 Å². The van der Waals surface area contributed by atoms with Gasteiger partial charge in [-0.1, -0.05) is 12.1 Å². The van der Waals surface area contributed by atoms with Crippen molar-refractivity contribution in [3.8, 4) is 0 Å². The van der Waals surface area contributed by atoms with Crippen LogP contribution in [-0.2, 0) is 4.74 Å². The largest absolute Gasteiger partial charge is 0.397 e. The minimum absolute atomic E-state index is 0.0297. The van der Waals surface area contributed by atoms with Crippen LogP contribution in [0.1, 0.15) is 18.9 Å². The number of benzene rings is 1. The van der Waals surface area contributed by atoms with Gasteiger partial charge in [0.15, 0.2) is 0 Å². The van der Waals surface area contributed by atoms with Crippen LogP contribution in [0, 0.1) is 6.92 Å². The summed E-state index contributed by atoms with van der Waals surface area (Å²) in [4.78, 5) is 0. The fraction of sp³-hybridized carbons (Fsp3) is 0.500. The van der Waals surface area contributed by atoms with Crippen LogP contribution in [0.4, 0.5) is 11.4 Å². The Morgan fingerprint density at radius 1 is 1.47 bits per heavy atom. The van der Waals surface area contributed by atoms with E-state index in [1.54, 1.807) is 0 Å². The highest BCUT2D eigenvalue weighted by molar-refractivity contribution is 5.70. The maximum Gasteiger partial charge on any atom is 0.0694 e. The van der Waals surface area contributed by atoms with E-state index in [0.717, 1.165) is 36.6 Å². The van der Waals surface area contributed by atoms with Crippen molar-refractivity contribution in [3.63, 3.8) is 0 Å². The van der Waals surface area contributed by atoms with Gasteiger partial charge in [-0.15, -0.1) is 0 Å². The summed E-state index contributed by atoms with van der Waals surface area (Å²) in [6.45, 7) is 5.77. The number of ether oxygens (including phenoxy) is 1. The van der Waals surface area contributed by atoms with Crippen molar-refractivity contribution < 1.29 is 4.74 Å². The van der Waals surface area contributed by atoms with E-state index in [4.69, 9.17) is 10.5 Å². The number of anilines is 2. The van der Waals surface area contributed by atoms with Crippen molar-refractivity contribution in [1.29, 1.82) is 0 Å². The molecule has 1 aliphatic heterocycles. The molecule has 1 fully saturated rings. The number of para-hydroxylation sites is 1. The van der Waals surface area contributed by atoms with E-state index >= 15 is 0 Å². The molecular formula is C12H18N2O. The lowest BCUT2D eigenvalue weighted by Gasteiger charge is -2.26. The van der Waals surface area contributed by atoms with Gasteiger partial charge in [0.25, 0.3) is 0 Å². The molecule has 0 radical (unpaired) electrons. The molecule has 1 aliphatic rings. The highest BCUT2D eigenvalue weighted by atomic mass is 16.5. The summed E-state index contributed by atoms with van der Waals surface area (Å²) in [5, 5.41) is 3.48. The minimum Gasteiger partial charge on any atom is -0.397 e. The molecule has 82 valence electrons. The summed E-state index contributed by atoms with van der Waals surface area (Å²) in [5.41, 5.74) is 9.01. The Morgan fingerprint density at radius 3 is 2.93 bits per heavy atom. The maximum absolute atomic E-state index is 6.02. The van der Waals surface area contributed by atoms with Crippen LogP contribution in [0.5, 0.6) is 0 Å². The summed E-state index contributed by atoms with van der Waals surface area (Å²) in [5.74, 6) is 0. The molecular weight excluding hydrogens is 188 g/mol. The van der Waals surface area contributed by atoms with Gasteiger partial charge in [-0.05, 0) is 31.9 Å². The highest BCUT2D eigenvalue weighted by Gasteiger charge is 2.29. The molecule has 1 aromatic carbocycles. The molecule has 3 N–H and O–H groups in total. The van der Waals surface area contributed by atoms with Crippen LogP contribution in [0.2, 0.25) is 0 Å². The zero-order chi connectivity index (χ0) is 10.9. The van der Waals surface area contributed by atoms with Crippen LogP contribution in [0.15, 0.2) is 18.2 Å². The summed E-state index contributed by atoms with van der Waals surface area (Å²) in [7, 11) is 0. The first-order valence-corrected chi connectivity index (χ1v) is 5.32. The summed E-state index contributed by atoms with van der Waals surface area (Å²) in [6.07, 6.45) is 1.03. The van der Waals surface area contributed by atoms with E-state index in [1.165, 1.54) is 0 Å². The molecule has 1 aromatic rings. The fourth-order valence-corrected chi connectivity index (χ4v) is 1.88. The van der Waals surface area contributed by atoms with E-state index in [2.05, 4.69) is 12.2 Å². The Balaban J connectivity index is 2.20. The van der Waals surface area contributed by atoms with Crippen molar-refractivity contribution in [2.75, 3.05) is 24.3 Å². The van der Waals surface area contributed by atoms with Crippen molar-refractivity contribution in [1.82, 2.24) is 0 Å². The van der Waals surface area contributed by atoms with Gasteiger partial charge >= 0.3 is 0 Å². The van der Waals surface area contributed by atoms with E-state index in [0.29, 0.717) is 0 Å². The average molecular weight is 206 g/mol. The molecule has 1 heterocycles. The predicted octanol–water partition coefficient (Wildman–Crippen LogP) is 2.17. The minimum atomic E-state index is 0.0297. The van der Waals surface area contributed by atoms with Gasteiger partial charge < -0.3 is 15.8 Å². The van der Waals surface area contributed by atoms with Gasteiger partial charge in [0, 0.05) is 6.61 Å². The topological polar surface area (TPSA) is 47.3 Å². The van der Waals surface area contributed by atoms with Gasteiger partial charge in [0.2, 0.25) is 0 Å². The molecule has 1 unspecified atom stereocenters. The van der Waals surface area contributed by atoms with Gasteiger partial charge in [-0.25, -0.2) is 0 Å². The molecule has 0 bridgehead atoms. The third kappa shape index (κ3) is 2.07. The number of nitrogen functional groups attached to an aromatic ring is 1. The molecule has 3 nitrogen and oxygen atoms in total. The smallest absolute Gasteiger partial charge is 0.0694 e. The molecule has 1 atom stereocenters. The number of hydrogen-bond acceptors (Lipinski definition) is 3. The van der Waals surface area contributed by atoms with Gasteiger partial charge in [-0.2, -0.15) is 0 Å². The Bertz CT molecular complexity index is 357. The van der Waals surface area contributed by atoms with Gasteiger partial charge in [0.05, 0.1) is 23.5 Å². The number of aryl methyl sites for hydroxylation is 1. The van der Waals surface area contributed by atoms with E-state index in [9.17, 15) is 0 Å². The van der Waals surface area contributed by atoms with Crippen LogP contribution >= 0.6 is 0 Å². The number of rotatable bonds is 2. The van der Waals surface area contributed by atoms with Crippen LogP contribution in [0.25, 0.3) is 0 Å².